The number of carbonyl (C=O) groups excluding carboxylic acids is 2. The number of rotatable bonds is 6. The molecule has 0 spiro atoms. The molecule has 0 heterocycles. The van der Waals surface area contributed by atoms with Gasteiger partial charge in [-0.05, 0) is 5.56 Å². The fourth-order valence-corrected chi connectivity index (χ4v) is 1.46. The van der Waals surface area contributed by atoms with Gasteiger partial charge in [-0.25, -0.2) is 0 Å². The Kier molecular flexibility index (Phi) is 5.29. The van der Waals surface area contributed by atoms with E-state index in [4.69, 9.17) is 5.11 Å². The van der Waals surface area contributed by atoms with Crippen molar-refractivity contribution in [3.63, 3.8) is 0 Å². The maximum Gasteiger partial charge on any atom is 0.279 e. The first-order chi connectivity index (χ1) is 8.54. The lowest BCUT2D eigenvalue weighted by atomic mass is 10.1. The van der Waals surface area contributed by atoms with Gasteiger partial charge in [0.25, 0.3) is 5.91 Å². The zero-order chi connectivity index (χ0) is 13.5. The van der Waals surface area contributed by atoms with E-state index in [1.807, 2.05) is 30.3 Å². The lowest BCUT2D eigenvalue weighted by molar-refractivity contribution is -0.403. The Labute approximate surface area is 104 Å². The van der Waals surface area contributed by atoms with Crippen LogP contribution >= 0.6 is 0 Å². The van der Waals surface area contributed by atoms with Crippen molar-refractivity contribution in [1.82, 2.24) is 5.32 Å². The summed E-state index contributed by atoms with van der Waals surface area (Å²) in [6.45, 7) is -0.702. The second kappa shape index (κ2) is 6.73. The number of carboxylic acids is 1. The summed E-state index contributed by atoms with van der Waals surface area (Å²) in [5, 5.41) is 21.5. The van der Waals surface area contributed by atoms with Gasteiger partial charge in [-0.15, -0.1) is 0 Å². The summed E-state index contributed by atoms with van der Waals surface area (Å²) in [7, 11) is 0. The van der Waals surface area contributed by atoms with Crippen molar-refractivity contribution in [3.8, 4) is 0 Å². The third kappa shape index (κ3) is 4.15. The number of hydrogen-bond acceptors (Lipinski definition) is 4. The molecule has 1 aromatic carbocycles. The summed E-state index contributed by atoms with van der Waals surface area (Å²) in [4.78, 5) is 22.2. The maximum absolute atomic E-state index is 11.6. The van der Waals surface area contributed by atoms with Crippen LogP contribution in [-0.4, -0.2) is 35.7 Å². The molecule has 1 aromatic rings. The average molecular weight is 252 g/mol. The Morgan fingerprint density at radius 1 is 1.33 bits per heavy atom. The van der Waals surface area contributed by atoms with Crippen molar-refractivity contribution in [2.45, 2.75) is 18.5 Å². The second-order valence-electron chi connectivity index (χ2n) is 3.95. The second-order valence-corrected chi connectivity index (χ2v) is 3.95. The summed E-state index contributed by atoms with van der Waals surface area (Å²) < 4.78 is 0. The van der Waals surface area contributed by atoms with Crippen LogP contribution in [0, 0.1) is 0 Å². The van der Waals surface area contributed by atoms with Crippen LogP contribution in [-0.2, 0) is 16.0 Å². The van der Waals surface area contributed by atoms with E-state index in [0.29, 0.717) is 6.42 Å². The number of quaternary nitrogens is 1. The number of aliphatic carboxylic acids is 1. The highest BCUT2D eigenvalue weighted by Crippen LogP contribution is 2.01. The third-order valence-corrected chi connectivity index (χ3v) is 2.48. The number of aliphatic hydroxyl groups is 1. The highest BCUT2D eigenvalue weighted by Gasteiger charge is 2.21. The van der Waals surface area contributed by atoms with Crippen LogP contribution in [0.1, 0.15) is 5.56 Å². The number of nitrogens with one attached hydrogen (secondary N) is 1. The molecule has 0 radical (unpaired) electrons. The molecule has 5 N–H and O–H groups in total. The van der Waals surface area contributed by atoms with Crippen LogP contribution < -0.4 is 16.2 Å². The molecule has 0 fully saturated rings. The van der Waals surface area contributed by atoms with Crippen LogP contribution in [0.15, 0.2) is 30.3 Å². The van der Waals surface area contributed by atoms with Gasteiger partial charge in [0.15, 0.2) is 6.04 Å². The molecule has 0 saturated carbocycles. The van der Waals surface area contributed by atoms with Gasteiger partial charge >= 0.3 is 0 Å². The minimum absolute atomic E-state index is 0.401. The molecule has 6 heteroatoms. The predicted molar refractivity (Wildman–Crippen MR) is 60.8 cm³/mol. The van der Waals surface area contributed by atoms with Crippen LogP contribution in [0.2, 0.25) is 0 Å². The molecule has 6 nitrogen and oxygen atoms in total. The zero-order valence-electron chi connectivity index (χ0n) is 9.83. The molecule has 0 saturated heterocycles. The van der Waals surface area contributed by atoms with E-state index in [-0.39, 0.29) is 0 Å². The molecule has 0 aliphatic carbocycles. The first kappa shape index (κ1) is 14.1. The van der Waals surface area contributed by atoms with Crippen molar-refractivity contribution in [2.24, 2.45) is 0 Å². The largest absolute Gasteiger partial charge is 0.548 e. The lowest BCUT2D eigenvalue weighted by Crippen LogP contribution is -2.70. The van der Waals surface area contributed by atoms with E-state index in [1.54, 1.807) is 0 Å². The van der Waals surface area contributed by atoms with Crippen molar-refractivity contribution in [2.75, 3.05) is 6.61 Å². The molecule has 0 aliphatic heterocycles. The van der Waals surface area contributed by atoms with Crippen LogP contribution in [0.4, 0.5) is 0 Å². The van der Waals surface area contributed by atoms with Crippen molar-refractivity contribution in [1.29, 1.82) is 0 Å². The monoisotopic (exact) mass is 252 g/mol. The number of amides is 1. The van der Waals surface area contributed by atoms with Gasteiger partial charge in [0, 0.05) is 6.42 Å². The number of hydrogen-bond donors (Lipinski definition) is 3. The molecule has 0 bridgehead atoms. The Hall–Kier alpha value is -1.92. The average Bonchev–Trinajstić information content (AvgIpc) is 2.36. The number of benzene rings is 1. The molecule has 2 atom stereocenters. The number of aliphatic hydroxyl groups excluding tert-OH is 1. The van der Waals surface area contributed by atoms with Gasteiger partial charge in [-0.2, -0.15) is 0 Å². The Bertz CT molecular complexity index is 408. The SMILES string of the molecule is [NH3+][C@@H](Cc1ccccc1)C(=O)N[C@@H](CO)C(=O)[O-]. The number of carboxylic acid groups (broad SMARTS) is 1. The third-order valence-electron chi connectivity index (χ3n) is 2.48. The summed E-state index contributed by atoms with van der Waals surface area (Å²) >= 11 is 0. The van der Waals surface area contributed by atoms with E-state index in [0.717, 1.165) is 5.56 Å². The van der Waals surface area contributed by atoms with Crippen LogP contribution in [0.5, 0.6) is 0 Å². The van der Waals surface area contributed by atoms with E-state index in [1.165, 1.54) is 0 Å². The van der Waals surface area contributed by atoms with Crippen molar-refractivity contribution < 1.29 is 25.5 Å². The van der Waals surface area contributed by atoms with Crippen LogP contribution in [0.3, 0.4) is 0 Å². The maximum atomic E-state index is 11.6. The lowest BCUT2D eigenvalue weighted by Gasteiger charge is -2.18. The van der Waals surface area contributed by atoms with E-state index in [2.05, 4.69) is 11.1 Å². The minimum Gasteiger partial charge on any atom is -0.548 e. The Morgan fingerprint density at radius 3 is 2.44 bits per heavy atom. The normalized spacial score (nSPS) is 13.7. The topological polar surface area (TPSA) is 117 Å². The molecule has 1 rings (SSSR count). The first-order valence-corrected chi connectivity index (χ1v) is 5.53. The molecule has 98 valence electrons. The summed E-state index contributed by atoms with van der Waals surface area (Å²) in [5.41, 5.74) is 4.60. The highest BCUT2D eigenvalue weighted by atomic mass is 16.4. The first-order valence-electron chi connectivity index (χ1n) is 5.53. The van der Waals surface area contributed by atoms with Gasteiger partial charge in [-0.1, -0.05) is 30.3 Å². The van der Waals surface area contributed by atoms with Gasteiger partial charge in [0.05, 0.1) is 18.6 Å². The summed E-state index contributed by atoms with van der Waals surface area (Å²) in [6.07, 6.45) is 0.401. The fraction of sp³-hybridized carbons (Fsp3) is 0.333. The Balaban J connectivity index is 2.54. The summed E-state index contributed by atoms with van der Waals surface area (Å²) in [6, 6.07) is 7.24. The zero-order valence-corrected chi connectivity index (χ0v) is 9.83. The fourth-order valence-electron chi connectivity index (χ4n) is 1.46. The standard InChI is InChI=1S/C12H16N2O4/c13-9(6-8-4-2-1-3-5-8)11(16)14-10(7-15)12(17)18/h1-5,9-10,15H,6-7,13H2,(H,14,16)(H,17,18)/t9-,10-/m0/s1. The van der Waals surface area contributed by atoms with Gasteiger partial charge in [-0.3, -0.25) is 4.79 Å². The predicted octanol–water partition coefficient (Wildman–Crippen LogP) is -2.93. The molecule has 18 heavy (non-hydrogen) atoms. The van der Waals surface area contributed by atoms with Crippen molar-refractivity contribution in [3.05, 3.63) is 35.9 Å². The van der Waals surface area contributed by atoms with Gasteiger partial charge in [0.2, 0.25) is 0 Å². The molecule has 0 aliphatic rings. The molecule has 1 amide bonds. The molecular weight excluding hydrogens is 236 g/mol. The molecule has 0 aromatic heterocycles. The van der Waals surface area contributed by atoms with Crippen LogP contribution in [0.25, 0.3) is 0 Å². The minimum atomic E-state index is -1.52. The Morgan fingerprint density at radius 2 is 1.94 bits per heavy atom. The summed E-state index contributed by atoms with van der Waals surface area (Å²) in [5.74, 6) is -2.04. The van der Waals surface area contributed by atoms with E-state index >= 15 is 0 Å². The number of carbonyl (C=O) groups is 2. The quantitative estimate of drug-likeness (QED) is 0.502. The molecular formula is C12H16N2O4. The van der Waals surface area contributed by atoms with Crippen molar-refractivity contribution >= 4 is 11.9 Å². The highest BCUT2D eigenvalue weighted by molar-refractivity contribution is 5.85. The van der Waals surface area contributed by atoms with E-state index < -0.39 is 30.6 Å². The molecule has 0 unspecified atom stereocenters. The van der Waals surface area contributed by atoms with Gasteiger partial charge < -0.3 is 26.1 Å². The van der Waals surface area contributed by atoms with Gasteiger partial charge in [0.1, 0.15) is 0 Å². The smallest absolute Gasteiger partial charge is 0.279 e. The van der Waals surface area contributed by atoms with E-state index in [9.17, 15) is 14.7 Å².